The van der Waals surface area contributed by atoms with Gasteiger partial charge in [0, 0.05) is 24.5 Å². The number of nitrogens with zero attached hydrogens (tertiary/aromatic N) is 1. The summed E-state index contributed by atoms with van der Waals surface area (Å²) in [6, 6.07) is 6.65. The minimum Gasteiger partial charge on any atom is -0.493 e. The fraction of sp³-hybridized carbons (Fsp3) is 0.667. The lowest BCUT2D eigenvalue weighted by molar-refractivity contribution is 0.102. The summed E-state index contributed by atoms with van der Waals surface area (Å²) in [5, 5.41) is 0. The Morgan fingerprint density at radius 2 is 1.75 bits per heavy atom. The highest BCUT2D eigenvalue weighted by Gasteiger charge is 2.29. The third kappa shape index (κ3) is 2.46. The Bertz CT molecular complexity index is 484. The van der Waals surface area contributed by atoms with Crippen LogP contribution in [0.2, 0.25) is 0 Å². The molecule has 0 spiro atoms. The first-order valence-corrected chi connectivity index (χ1v) is 8.11. The number of hydrogen-bond donors (Lipinski definition) is 0. The minimum atomic E-state index is 0.618. The molecule has 1 aromatic carbocycles. The molecule has 2 nitrogen and oxygen atoms in total. The largest absolute Gasteiger partial charge is 0.493 e. The van der Waals surface area contributed by atoms with E-state index in [2.05, 4.69) is 44.7 Å². The van der Waals surface area contributed by atoms with Crippen LogP contribution in [0, 0.1) is 0 Å². The second-order valence-electron chi connectivity index (χ2n) is 6.86. The third-order valence-corrected chi connectivity index (χ3v) is 4.83. The summed E-state index contributed by atoms with van der Waals surface area (Å²) in [7, 11) is 0. The lowest BCUT2D eigenvalue weighted by Crippen LogP contribution is -2.47. The second-order valence-corrected chi connectivity index (χ2v) is 6.86. The van der Waals surface area contributed by atoms with E-state index in [0.29, 0.717) is 18.1 Å². The van der Waals surface area contributed by atoms with Crippen molar-refractivity contribution in [3.05, 3.63) is 28.8 Å². The predicted molar refractivity (Wildman–Crippen MR) is 83.6 cm³/mol. The molecule has 3 rings (SSSR count). The summed E-state index contributed by atoms with van der Waals surface area (Å²) in [5.41, 5.74) is 4.51. The summed E-state index contributed by atoms with van der Waals surface area (Å²) in [6.45, 7) is 10.1. The summed E-state index contributed by atoms with van der Waals surface area (Å²) >= 11 is 0. The molecule has 0 saturated carbocycles. The number of rotatable bonds is 3. The van der Waals surface area contributed by atoms with Gasteiger partial charge in [0.2, 0.25) is 0 Å². The summed E-state index contributed by atoms with van der Waals surface area (Å²) in [6.07, 6.45) is 4.80. The molecule has 2 aliphatic rings. The Morgan fingerprint density at radius 3 is 2.45 bits per heavy atom. The van der Waals surface area contributed by atoms with Gasteiger partial charge in [-0.1, -0.05) is 6.07 Å². The molecular weight excluding hydrogens is 246 g/mol. The van der Waals surface area contributed by atoms with E-state index in [-0.39, 0.29) is 0 Å². The van der Waals surface area contributed by atoms with E-state index in [1.54, 1.807) is 5.56 Å². The molecule has 1 aromatic rings. The van der Waals surface area contributed by atoms with Gasteiger partial charge in [0.1, 0.15) is 5.75 Å². The number of ether oxygens (including phenoxy) is 1. The molecule has 0 unspecified atom stereocenters. The SMILES string of the molecule is CC(C)N(C(C)C)[C@H]1CCc2cc3c(cc2C1)OCC3. The second kappa shape index (κ2) is 5.40. The van der Waals surface area contributed by atoms with Crippen LogP contribution < -0.4 is 4.74 Å². The molecule has 1 aliphatic heterocycles. The zero-order valence-electron chi connectivity index (χ0n) is 13.3. The highest BCUT2D eigenvalue weighted by Crippen LogP contribution is 2.34. The van der Waals surface area contributed by atoms with Gasteiger partial charge in [0.15, 0.2) is 0 Å². The lowest BCUT2D eigenvalue weighted by atomic mass is 9.85. The summed E-state index contributed by atoms with van der Waals surface area (Å²) in [4.78, 5) is 2.68. The maximum absolute atomic E-state index is 5.74. The quantitative estimate of drug-likeness (QED) is 0.834. The molecule has 0 radical (unpaired) electrons. The zero-order valence-corrected chi connectivity index (χ0v) is 13.3. The van der Waals surface area contributed by atoms with Crippen molar-refractivity contribution in [1.82, 2.24) is 4.90 Å². The van der Waals surface area contributed by atoms with Gasteiger partial charge < -0.3 is 4.74 Å². The van der Waals surface area contributed by atoms with Crippen molar-refractivity contribution in [3.8, 4) is 5.75 Å². The van der Waals surface area contributed by atoms with Gasteiger partial charge in [-0.3, -0.25) is 4.90 Å². The van der Waals surface area contributed by atoms with E-state index in [1.165, 1.54) is 30.4 Å². The maximum Gasteiger partial charge on any atom is 0.122 e. The fourth-order valence-electron chi connectivity index (χ4n) is 4.11. The van der Waals surface area contributed by atoms with E-state index in [0.717, 1.165) is 18.8 Å². The number of aryl methyl sites for hydroxylation is 1. The van der Waals surface area contributed by atoms with Crippen LogP contribution in [0.15, 0.2) is 12.1 Å². The van der Waals surface area contributed by atoms with Crippen LogP contribution in [0.4, 0.5) is 0 Å². The number of fused-ring (bicyclic) bond motifs is 2. The fourth-order valence-corrected chi connectivity index (χ4v) is 4.11. The summed E-state index contributed by atoms with van der Waals surface area (Å²) < 4.78 is 5.74. The maximum atomic E-state index is 5.74. The van der Waals surface area contributed by atoms with E-state index in [9.17, 15) is 0 Å². The monoisotopic (exact) mass is 273 g/mol. The predicted octanol–water partition coefficient (Wildman–Crippen LogP) is 3.60. The Hall–Kier alpha value is -1.02. The zero-order chi connectivity index (χ0) is 14.3. The Balaban J connectivity index is 1.84. The first-order valence-electron chi connectivity index (χ1n) is 8.11. The molecular formula is C18H27NO. The molecule has 0 bridgehead atoms. The molecule has 0 amide bonds. The molecule has 1 atom stereocenters. The van der Waals surface area contributed by atoms with Crippen LogP contribution in [0.1, 0.15) is 50.8 Å². The summed E-state index contributed by atoms with van der Waals surface area (Å²) in [5.74, 6) is 1.14. The van der Waals surface area contributed by atoms with Gasteiger partial charge in [0.25, 0.3) is 0 Å². The number of benzene rings is 1. The first-order chi connectivity index (χ1) is 9.56. The van der Waals surface area contributed by atoms with Crippen molar-refractivity contribution >= 4 is 0 Å². The van der Waals surface area contributed by atoms with E-state index in [1.807, 2.05) is 0 Å². The van der Waals surface area contributed by atoms with Crippen LogP contribution >= 0.6 is 0 Å². The van der Waals surface area contributed by atoms with Crippen LogP contribution in [-0.2, 0) is 19.3 Å². The topological polar surface area (TPSA) is 12.5 Å². The lowest BCUT2D eigenvalue weighted by Gasteiger charge is -2.40. The molecule has 110 valence electrons. The molecule has 1 heterocycles. The first kappa shape index (κ1) is 13.9. The van der Waals surface area contributed by atoms with Crippen LogP contribution in [-0.4, -0.2) is 29.6 Å². The molecule has 2 heteroatoms. The number of hydrogen-bond acceptors (Lipinski definition) is 2. The van der Waals surface area contributed by atoms with Gasteiger partial charge in [0.05, 0.1) is 6.61 Å². The standard InChI is InChI=1S/C18H27NO/c1-12(2)19(13(3)4)17-6-5-14-9-15-7-8-20-18(15)11-16(14)10-17/h9,11-13,17H,5-8,10H2,1-4H3/t17-/m0/s1. The van der Waals surface area contributed by atoms with Crippen LogP contribution in [0.5, 0.6) is 5.75 Å². The molecule has 20 heavy (non-hydrogen) atoms. The van der Waals surface area contributed by atoms with Crippen molar-refractivity contribution in [3.63, 3.8) is 0 Å². The van der Waals surface area contributed by atoms with E-state index >= 15 is 0 Å². The highest BCUT2D eigenvalue weighted by atomic mass is 16.5. The average Bonchev–Trinajstić information content (AvgIpc) is 2.82. The van der Waals surface area contributed by atoms with Gasteiger partial charge in [-0.05, 0) is 69.7 Å². The third-order valence-electron chi connectivity index (χ3n) is 4.83. The normalized spacial score (nSPS) is 21.2. The van der Waals surface area contributed by atoms with Crippen molar-refractivity contribution in [1.29, 1.82) is 0 Å². The van der Waals surface area contributed by atoms with Crippen LogP contribution in [0.3, 0.4) is 0 Å². The molecule has 1 aliphatic carbocycles. The van der Waals surface area contributed by atoms with Crippen LogP contribution in [0.25, 0.3) is 0 Å². The van der Waals surface area contributed by atoms with Gasteiger partial charge >= 0.3 is 0 Å². The van der Waals surface area contributed by atoms with Gasteiger partial charge in [-0.15, -0.1) is 0 Å². The Morgan fingerprint density at radius 1 is 1.00 bits per heavy atom. The van der Waals surface area contributed by atoms with Crippen molar-refractivity contribution in [2.45, 2.75) is 71.5 Å². The molecule has 0 aromatic heterocycles. The molecule has 0 N–H and O–H groups in total. The average molecular weight is 273 g/mol. The van der Waals surface area contributed by atoms with Gasteiger partial charge in [-0.2, -0.15) is 0 Å². The molecule has 0 saturated heterocycles. The van der Waals surface area contributed by atoms with Crippen molar-refractivity contribution < 1.29 is 4.74 Å². The van der Waals surface area contributed by atoms with E-state index in [4.69, 9.17) is 4.74 Å². The van der Waals surface area contributed by atoms with Crippen molar-refractivity contribution in [2.24, 2.45) is 0 Å². The van der Waals surface area contributed by atoms with Crippen molar-refractivity contribution in [2.75, 3.05) is 6.61 Å². The minimum absolute atomic E-state index is 0.618. The highest BCUT2D eigenvalue weighted by molar-refractivity contribution is 5.46. The Labute approximate surface area is 123 Å². The Kier molecular flexibility index (Phi) is 3.76. The van der Waals surface area contributed by atoms with Gasteiger partial charge in [-0.25, -0.2) is 0 Å². The molecule has 0 fully saturated rings. The van der Waals surface area contributed by atoms with E-state index < -0.39 is 0 Å². The smallest absolute Gasteiger partial charge is 0.122 e.